The molecular weight excluding hydrogens is 242 g/mol. The number of amides is 2. The van der Waals surface area contributed by atoms with Crippen molar-refractivity contribution in [2.45, 2.75) is 26.2 Å². The predicted octanol–water partition coefficient (Wildman–Crippen LogP) is 1.08. The molecule has 5 nitrogen and oxygen atoms in total. The summed E-state index contributed by atoms with van der Waals surface area (Å²) in [5.41, 5.74) is 1.69. The molecule has 1 aliphatic rings. The number of likely N-dealkylation sites (tertiary alicyclic amines) is 1. The molecule has 1 aliphatic heterocycles. The van der Waals surface area contributed by atoms with E-state index in [-0.39, 0.29) is 11.8 Å². The summed E-state index contributed by atoms with van der Waals surface area (Å²) < 4.78 is 1.93. The van der Waals surface area contributed by atoms with E-state index in [1.165, 1.54) is 0 Å². The highest BCUT2D eigenvalue weighted by molar-refractivity contribution is 5.95. The van der Waals surface area contributed by atoms with Crippen molar-refractivity contribution in [3.8, 4) is 0 Å². The molecule has 1 N–H and O–H groups in total. The minimum Gasteiger partial charge on any atom is -0.354 e. The maximum absolute atomic E-state index is 11.9. The highest BCUT2D eigenvalue weighted by Crippen LogP contribution is 2.10. The molecule has 0 spiro atoms. The molecule has 0 aliphatic carbocycles. The standard InChI is InChI=1S/C14H21N3O2/c1-11-12(6-10-16(11)2)14(19)15-7-4-9-17-8-3-5-13(17)18/h6,10H,3-5,7-9H2,1-2H3,(H,15,19). The third-order valence-electron chi connectivity index (χ3n) is 3.69. The predicted molar refractivity (Wildman–Crippen MR) is 72.9 cm³/mol. The van der Waals surface area contributed by atoms with Gasteiger partial charge in [0, 0.05) is 45.0 Å². The van der Waals surface area contributed by atoms with E-state index in [1.807, 2.05) is 35.7 Å². The number of carbonyl (C=O) groups excluding carboxylic acids is 2. The maximum atomic E-state index is 11.9. The number of nitrogens with one attached hydrogen (secondary N) is 1. The van der Waals surface area contributed by atoms with E-state index in [4.69, 9.17) is 0 Å². The fourth-order valence-electron chi connectivity index (χ4n) is 2.36. The van der Waals surface area contributed by atoms with Gasteiger partial charge in [0.15, 0.2) is 0 Å². The molecule has 2 amide bonds. The topological polar surface area (TPSA) is 54.3 Å². The summed E-state index contributed by atoms with van der Waals surface area (Å²) in [5, 5.41) is 2.90. The third-order valence-corrected chi connectivity index (χ3v) is 3.69. The number of aromatic nitrogens is 1. The van der Waals surface area contributed by atoms with Crippen molar-refractivity contribution in [2.75, 3.05) is 19.6 Å². The second-order valence-corrected chi connectivity index (χ2v) is 5.02. The van der Waals surface area contributed by atoms with Gasteiger partial charge in [0.1, 0.15) is 0 Å². The van der Waals surface area contributed by atoms with Crippen LogP contribution in [0.5, 0.6) is 0 Å². The number of hydrogen-bond donors (Lipinski definition) is 1. The maximum Gasteiger partial charge on any atom is 0.253 e. The number of nitrogens with zero attached hydrogens (tertiary/aromatic N) is 2. The second-order valence-electron chi connectivity index (χ2n) is 5.02. The number of hydrogen-bond acceptors (Lipinski definition) is 2. The molecule has 0 aromatic carbocycles. The lowest BCUT2D eigenvalue weighted by Gasteiger charge is -2.15. The monoisotopic (exact) mass is 263 g/mol. The molecule has 1 fully saturated rings. The zero-order valence-corrected chi connectivity index (χ0v) is 11.6. The highest BCUT2D eigenvalue weighted by atomic mass is 16.2. The van der Waals surface area contributed by atoms with E-state index in [1.54, 1.807) is 0 Å². The van der Waals surface area contributed by atoms with Crippen LogP contribution in [0.4, 0.5) is 0 Å². The largest absolute Gasteiger partial charge is 0.354 e. The molecule has 1 aromatic rings. The van der Waals surface area contributed by atoms with Crippen LogP contribution in [0.25, 0.3) is 0 Å². The molecule has 0 saturated carbocycles. The Morgan fingerprint density at radius 2 is 2.26 bits per heavy atom. The molecule has 0 unspecified atom stereocenters. The van der Waals surface area contributed by atoms with Crippen LogP contribution in [0, 0.1) is 6.92 Å². The number of rotatable bonds is 5. The first-order chi connectivity index (χ1) is 9.09. The zero-order chi connectivity index (χ0) is 13.8. The Balaban J connectivity index is 1.72. The van der Waals surface area contributed by atoms with Gasteiger partial charge in [-0.1, -0.05) is 0 Å². The third kappa shape index (κ3) is 3.16. The Hall–Kier alpha value is -1.78. The highest BCUT2D eigenvalue weighted by Gasteiger charge is 2.19. The lowest BCUT2D eigenvalue weighted by molar-refractivity contribution is -0.127. The van der Waals surface area contributed by atoms with Crippen LogP contribution >= 0.6 is 0 Å². The van der Waals surface area contributed by atoms with Crippen LogP contribution < -0.4 is 5.32 Å². The van der Waals surface area contributed by atoms with Gasteiger partial charge in [-0.15, -0.1) is 0 Å². The smallest absolute Gasteiger partial charge is 0.253 e. The minimum absolute atomic E-state index is 0.0363. The normalized spacial score (nSPS) is 15.1. The molecule has 0 bridgehead atoms. The van der Waals surface area contributed by atoms with Gasteiger partial charge in [-0.05, 0) is 25.8 Å². The molecule has 1 aromatic heterocycles. The van der Waals surface area contributed by atoms with Crippen molar-refractivity contribution in [3.63, 3.8) is 0 Å². The van der Waals surface area contributed by atoms with Crippen LogP contribution in [-0.2, 0) is 11.8 Å². The minimum atomic E-state index is -0.0363. The van der Waals surface area contributed by atoms with Gasteiger partial charge in [0.2, 0.25) is 5.91 Å². The lowest BCUT2D eigenvalue weighted by atomic mass is 10.2. The first kappa shape index (κ1) is 13.6. The van der Waals surface area contributed by atoms with Crippen molar-refractivity contribution in [1.82, 2.24) is 14.8 Å². The summed E-state index contributed by atoms with van der Waals surface area (Å²) in [6.07, 6.45) is 4.33. The number of aryl methyl sites for hydroxylation is 1. The van der Waals surface area contributed by atoms with Crippen LogP contribution in [-0.4, -0.2) is 40.9 Å². The van der Waals surface area contributed by atoms with Gasteiger partial charge in [0.05, 0.1) is 5.56 Å². The molecule has 0 atom stereocenters. The lowest BCUT2D eigenvalue weighted by Crippen LogP contribution is -2.30. The van der Waals surface area contributed by atoms with E-state index >= 15 is 0 Å². The van der Waals surface area contributed by atoms with E-state index in [0.717, 1.165) is 37.2 Å². The van der Waals surface area contributed by atoms with E-state index in [9.17, 15) is 9.59 Å². The Morgan fingerprint density at radius 1 is 1.47 bits per heavy atom. The Kier molecular flexibility index (Phi) is 4.24. The zero-order valence-electron chi connectivity index (χ0n) is 11.6. The van der Waals surface area contributed by atoms with Gasteiger partial charge in [-0.3, -0.25) is 9.59 Å². The first-order valence-corrected chi connectivity index (χ1v) is 6.77. The molecule has 0 radical (unpaired) electrons. The summed E-state index contributed by atoms with van der Waals surface area (Å²) in [4.78, 5) is 25.2. The quantitative estimate of drug-likeness (QED) is 0.808. The molecule has 2 heterocycles. The average Bonchev–Trinajstić information content (AvgIpc) is 2.93. The van der Waals surface area contributed by atoms with Gasteiger partial charge in [0.25, 0.3) is 5.91 Å². The van der Waals surface area contributed by atoms with E-state index in [2.05, 4.69) is 5.32 Å². The van der Waals surface area contributed by atoms with E-state index < -0.39 is 0 Å². The molecule has 2 rings (SSSR count). The van der Waals surface area contributed by atoms with Crippen molar-refractivity contribution in [1.29, 1.82) is 0 Å². The fraction of sp³-hybridized carbons (Fsp3) is 0.571. The van der Waals surface area contributed by atoms with Crippen molar-refractivity contribution >= 4 is 11.8 Å². The summed E-state index contributed by atoms with van der Waals surface area (Å²) in [6, 6.07) is 1.83. The van der Waals surface area contributed by atoms with Crippen molar-refractivity contribution in [2.24, 2.45) is 7.05 Å². The molecule has 1 saturated heterocycles. The Bertz CT molecular complexity index is 479. The summed E-state index contributed by atoms with van der Waals surface area (Å²) in [7, 11) is 1.92. The fourth-order valence-corrected chi connectivity index (χ4v) is 2.36. The summed E-state index contributed by atoms with van der Waals surface area (Å²) >= 11 is 0. The van der Waals surface area contributed by atoms with Gasteiger partial charge in [-0.2, -0.15) is 0 Å². The molecular formula is C14H21N3O2. The average molecular weight is 263 g/mol. The van der Waals surface area contributed by atoms with Crippen LogP contribution in [0.1, 0.15) is 35.3 Å². The number of carbonyl (C=O) groups is 2. The van der Waals surface area contributed by atoms with Gasteiger partial charge < -0.3 is 14.8 Å². The molecule has 5 heteroatoms. The second kappa shape index (κ2) is 5.91. The van der Waals surface area contributed by atoms with E-state index in [0.29, 0.717) is 13.0 Å². The van der Waals surface area contributed by atoms with Gasteiger partial charge >= 0.3 is 0 Å². The SMILES string of the molecule is Cc1c(C(=O)NCCCN2CCCC2=O)ccn1C. The first-order valence-electron chi connectivity index (χ1n) is 6.77. The van der Waals surface area contributed by atoms with Crippen LogP contribution in [0.15, 0.2) is 12.3 Å². The molecule has 19 heavy (non-hydrogen) atoms. The van der Waals surface area contributed by atoms with Gasteiger partial charge in [-0.25, -0.2) is 0 Å². The summed E-state index contributed by atoms with van der Waals surface area (Å²) in [6.45, 7) is 4.15. The molecule has 104 valence electrons. The van der Waals surface area contributed by atoms with Crippen molar-refractivity contribution in [3.05, 3.63) is 23.5 Å². The van der Waals surface area contributed by atoms with Crippen LogP contribution in [0.2, 0.25) is 0 Å². The van der Waals surface area contributed by atoms with Crippen LogP contribution in [0.3, 0.4) is 0 Å². The summed E-state index contributed by atoms with van der Waals surface area (Å²) in [5.74, 6) is 0.205. The Morgan fingerprint density at radius 3 is 2.84 bits per heavy atom. The van der Waals surface area contributed by atoms with Crippen molar-refractivity contribution < 1.29 is 9.59 Å². The Labute approximate surface area is 113 Å².